The van der Waals surface area contributed by atoms with Gasteiger partial charge >= 0.3 is 0 Å². The van der Waals surface area contributed by atoms with Gasteiger partial charge in [-0.2, -0.15) is 0 Å². The van der Waals surface area contributed by atoms with Crippen molar-refractivity contribution in [2.24, 2.45) is 7.05 Å². The Bertz CT molecular complexity index is 971. The number of anilines is 1. The van der Waals surface area contributed by atoms with Crippen LogP contribution in [-0.2, 0) is 11.8 Å². The minimum atomic E-state index is -0.319. The number of benzene rings is 1. The third-order valence-electron chi connectivity index (χ3n) is 3.63. The van der Waals surface area contributed by atoms with E-state index in [-0.39, 0.29) is 12.5 Å². The number of halogens is 2. The number of hydrogen-bond acceptors (Lipinski definition) is 4. The van der Waals surface area contributed by atoms with Crippen molar-refractivity contribution in [1.29, 1.82) is 0 Å². The molecular formula is C17H16BrClN4O2. The van der Waals surface area contributed by atoms with E-state index in [2.05, 4.69) is 31.3 Å². The highest BCUT2D eigenvalue weighted by Gasteiger charge is 2.16. The lowest BCUT2D eigenvalue weighted by atomic mass is 10.2. The molecule has 0 saturated heterocycles. The first-order valence-corrected chi connectivity index (χ1v) is 8.71. The summed E-state index contributed by atoms with van der Waals surface area (Å²) in [5, 5.41) is 8.29. The molecule has 0 saturated carbocycles. The highest BCUT2D eigenvalue weighted by Crippen LogP contribution is 2.28. The van der Waals surface area contributed by atoms with Crippen LogP contribution in [0.5, 0.6) is 5.88 Å². The summed E-state index contributed by atoms with van der Waals surface area (Å²) in [6.45, 7) is 3.72. The van der Waals surface area contributed by atoms with E-state index < -0.39 is 0 Å². The van der Waals surface area contributed by atoms with Crippen molar-refractivity contribution < 1.29 is 9.53 Å². The van der Waals surface area contributed by atoms with E-state index in [9.17, 15) is 4.79 Å². The van der Waals surface area contributed by atoms with E-state index in [1.807, 2.05) is 19.9 Å². The molecule has 0 aliphatic carbocycles. The van der Waals surface area contributed by atoms with Crippen molar-refractivity contribution in [3.8, 4) is 5.88 Å². The van der Waals surface area contributed by atoms with Crippen LogP contribution in [0.25, 0.3) is 11.0 Å². The van der Waals surface area contributed by atoms with Crippen LogP contribution in [0.2, 0.25) is 5.02 Å². The zero-order valence-corrected chi connectivity index (χ0v) is 16.3. The lowest BCUT2D eigenvalue weighted by Crippen LogP contribution is -2.20. The molecule has 0 fully saturated rings. The Labute approximate surface area is 158 Å². The van der Waals surface area contributed by atoms with Gasteiger partial charge < -0.3 is 10.1 Å². The highest BCUT2D eigenvalue weighted by atomic mass is 79.9. The minimum Gasteiger partial charge on any atom is -0.466 e. The van der Waals surface area contributed by atoms with Crippen molar-refractivity contribution in [2.45, 2.75) is 13.8 Å². The molecule has 1 N–H and O–H groups in total. The third-order valence-corrected chi connectivity index (χ3v) is 4.44. The molecular weight excluding hydrogens is 408 g/mol. The number of amides is 1. The maximum Gasteiger partial charge on any atom is 0.262 e. The number of hydrogen-bond donors (Lipinski definition) is 1. The number of aryl methyl sites for hydroxylation is 3. The Morgan fingerprint density at radius 3 is 2.84 bits per heavy atom. The molecule has 6 nitrogen and oxygen atoms in total. The Kier molecular flexibility index (Phi) is 4.96. The van der Waals surface area contributed by atoms with Crippen molar-refractivity contribution in [3.63, 3.8) is 0 Å². The largest absolute Gasteiger partial charge is 0.466 e. The van der Waals surface area contributed by atoms with Gasteiger partial charge in [0.15, 0.2) is 12.3 Å². The molecule has 25 heavy (non-hydrogen) atoms. The van der Waals surface area contributed by atoms with Crippen LogP contribution in [0, 0.1) is 13.8 Å². The monoisotopic (exact) mass is 422 g/mol. The normalized spacial score (nSPS) is 10.9. The summed E-state index contributed by atoms with van der Waals surface area (Å²) in [6, 6.07) is 7.18. The molecule has 0 aliphatic rings. The number of aromatic nitrogens is 3. The van der Waals surface area contributed by atoms with Crippen molar-refractivity contribution in [1.82, 2.24) is 14.8 Å². The second kappa shape index (κ2) is 7.01. The van der Waals surface area contributed by atoms with Crippen LogP contribution in [0.1, 0.15) is 11.3 Å². The Hall–Kier alpha value is -2.12. The van der Waals surface area contributed by atoms with Gasteiger partial charge in [0, 0.05) is 17.2 Å². The zero-order valence-electron chi connectivity index (χ0n) is 13.9. The zero-order chi connectivity index (χ0) is 18.1. The number of fused-ring (bicyclic) bond motifs is 1. The lowest BCUT2D eigenvalue weighted by molar-refractivity contribution is -0.118. The standard InChI is InChI=1S/C17H16BrClN4O2/c1-9-6-10(2)20-16-15(9)17(22-23(16)3)25-8-14(24)21-13-5-4-11(18)7-12(13)19/h4-7H,8H2,1-3H3,(H,21,24). The van der Waals surface area contributed by atoms with Crippen molar-refractivity contribution in [3.05, 3.63) is 45.0 Å². The van der Waals surface area contributed by atoms with Gasteiger partial charge in [0.1, 0.15) is 0 Å². The van der Waals surface area contributed by atoms with Gasteiger partial charge in [-0.1, -0.05) is 27.5 Å². The Morgan fingerprint density at radius 1 is 1.36 bits per heavy atom. The quantitative estimate of drug-likeness (QED) is 0.688. The van der Waals surface area contributed by atoms with Gasteiger partial charge in [-0.15, -0.1) is 5.10 Å². The van der Waals surface area contributed by atoms with Gasteiger partial charge in [-0.25, -0.2) is 9.67 Å². The van der Waals surface area contributed by atoms with E-state index >= 15 is 0 Å². The molecule has 3 rings (SSSR count). The summed E-state index contributed by atoms with van der Waals surface area (Å²) >= 11 is 9.42. The Morgan fingerprint density at radius 2 is 2.12 bits per heavy atom. The summed E-state index contributed by atoms with van der Waals surface area (Å²) in [6.07, 6.45) is 0. The molecule has 0 radical (unpaired) electrons. The predicted octanol–water partition coefficient (Wildman–Crippen LogP) is 4.02. The van der Waals surface area contributed by atoms with Crippen LogP contribution in [-0.4, -0.2) is 27.3 Å². The molecule has 8 heteroatoms. The van der Waals surface area contributed by atoms with Crippen LogP contribution >= 0.6 is 27.5 Å². The summed E-state index contributed by atoms with van der Waals surface area (Å²) in [4.78, 5) is 16.6. The number of ether oxygens (including phenoxy) is 1. The first-order valence-electron chi connectivity index (χ1n) is 7.54. The second-order valence-corrected chi connectivity index (χ2v) is 6.99. The Balaban J connectivity index is 1.75. The summed E-state index contributed by atoms with van der Waals surface area (Å²) in [5.74, 6) is 0.0697. The van der Waals surface area contributed by atoms with Gasteiger partial charge in [0.25, 0.3) is 5.91 Å². The number of nitrogens with one attached hydrogen (secondary N) is 1. The fraction of sp³-hybridized carbons (Fsp3) is 0.235. The van der Waals surface area contributed by atoms with E-state index in [4.69, 9.17) is 16.3 Å². The summed E-state index contributed by atoms with van der Waals surface area (Å²) in [7, 11) is 1.79. The van der Waals surface area contributed by atoms with Crippen LogP contribution < -0.4 is 10.1 Å². The lowest BCUT2D eigenvalue weighted by Gasteiger charge is -2.08. The molecule has 130 valence electrons. The number of carbonyl (C=O) groups is 1. The van der Waals surface area contributed by atoms with Gasteiger partial charge in [-0.3, -0.25) is 4.79 Å². The molecule has 0 unspecified atom stereocenters. The van der Waals surface area contributed by atoms with E-state index in [0.717, 1.165) is 26.8 Å². The molecule has 2 heterocycles. The maximum atomic E-state index is 12.1. The number of nitrogens with zero attached hydrogens (tertiary/aromatic N) is 3. The van der Waals surface area contributed by atoms with Gasteiger partial charge in [0.05, 0.1) is 16.1 Å². The second-order valence-electron chi connectivity index (χ2n) is 5.67. The number of carbonyl (C=O) groups excluding carboxylic acids is 1. The number of rotatable bonds is 4. The van der Waals surface area contributed by atoms with Crippen LogP contribution in [0.4, 0.5) is 5.69 Å². The molecule has 1 amide bonds. The van der Waals surface area contributed by atoms with Gasteiger partial charge in [0.2, 0.25) is 5.88 Å². The fourth-order valence-electron chi connectivity index (χ4n) is 2.56. The molecule has 0 bridgehead atoms. The summed E-state index contributed by atoms with van der Waals surface area (Å²) < 4.78 is 8.11. The van der Waals surface area contributed by atoms with Crippen molar-refractivity contribution >= 4 is 50.2 Å². The molecule has 1 aromatic carbocycles. The first kappa shape index (κ1) is 17.7. The smallest absolute Gasteiger partial charge is 0.262 e. The molecule has 0 spiro atoms. The van der Waals surface area contributed by atoms with E-state index in [0.29, 0.717) is 16.6 Å². The predicted molar refractivity (Wildman–Crippen MR) is 101 cm³/mol. The van der Waals surface area contributed by atoms with E-state index in [1.54, 1.807) is 29.9 Å². The topological polar surface area (TPSA) is 69.0 Å². The average molecular weight is 424 g/mol. The minimum absolute atomic E-state index is 0.175. The van der Waals surface area contributed by atoms with Gasteiger partial charge in [-0.05, 0) is 43.7 Å². The summed E-state index contributed by atoms with van der Waals surface area (Å²) in [5.41, 5.74) is 3.16. The van der Waals surface area contributed by atoms with Crippen LogP contribution in [0.15, 0.2) is 28.7 Å². The third kappa shape index (κ3) is 3.77. The maximum absolute atomic E-state index is 12.1. The van der Waals surface area contributed by atoms with Crippen molar-refractivity contribution in [2.75, 3.05) is 11.9 Å². The molecule has 2 aromatic heterocycles. The first-order chi connectivity index (χ1) is 11.8. The highest BCUT2D eigenvalue weighted by molar-refractivity contribution is 9.10. The molecule has 0 atom stereocenters. The van der Waals surface area contributed by atoms with E-state index in [1.165, 1.54) is 0 Å². The number of pyridine rings is 1. The molecule has 3 aromatic rings. The fourth-order valence-corrected chi connectivity index (χ4v) is 3.28. The van der Waals surface area contributed by atoms with Crippen LogP contribution in [0.3, 0.4) is 0 Å². The SMILES string of the molecule is Cc1cc(C)c2c(OCC(=O)Nc3ccc(Br)cc3Cl)nn(C)c2n1. The average Bonchev–Trinajstić information content (AvgIpc) is 2.84. The molecule has 0 aliphatic heterocycles.